The average molecular weight is 190 g/mol. The lowest BCUT2D eigenvalue weighted by atomic mass is 9.93. The van der Waals surface area contributed by atoms with E-state index in [9.17, 15) is 5.11 Å². The van der Waals surface area contributed by atoms with Gasteiger partial charge >= 0.3 is 0 Å². The molecule has 0 spiro atoms. The highest BCUT2D eigenvalue weighted by molar-refractivity contribution is 5.24. The molecule has 76 valence electrons. The fourth-order valence-corrected chi connectivity index (χ4v) is 1.53. The van der Waals surface area contributed by atoms with Gasteiger partial charge in [-0.15, -0.1) is 6.58 Å². The van der Waals surface area contributed by atoms with Crippen molar-refractivity contribution in [1.29, 1.82) is 0 Å². The van der Waals surface area contributed by atoms with E-state index in [0.717, 1.165) is 12.0 Å². The predicted octanol–water partition coefficient (Wildman–Crippen LogP) is 3.24. The van der Waals surface area contributed by atoms with E-state index < -0.39 is 6.10 Å². The third-order valence-corrected chi connectivity index (χ3v) is 2.60. The third-order valence-electron chi connectivity index (χ3n) is 2.60. The molecule has 0 fully saturated rings. The van der Waals surface area contributed by atoms with Crippen LogP contribution in [0.25, 0.3) is 0 Å². The van der Waals surface area contributed by atoms with Crippen molar-refractivity contribution in [3.63, 3.8) is 0 Å². The van der Waals surface area contributed by atoms with Crippen molar-refractivity contribution in [3.05, 3.63) is 48.0 Å². The lowest BCUT2D eigenvalue weighted by molar-refractivity contribution is 0.129. The van der Waals surface area contributed by atoms with Crippen molar-refractivity contribution in [2.75, 3.05) is 0 Å². The second kappa shape index (κ2) is 4.97. The number of benzene rings is 1. The molecule has 1 heteroatoms. The van der Waals surface area contributed by atoms with Gasteiger partial charge in [-0.25, -0.2) is 0 Å². The third kappa shape index (κ3) is 2.46. The zero-order valence-corrected chi connectivity index (χ0v) is 8.90. The molecule has 0 bridgehead atoms. The van der Waals surface area contributed by atoms with Crippen LogP contribution < -0.4 is 0 Å². The number of aliphatic hydroxyl groups is 1. The Morgan fingerprint density at radius 1 is 1.36 bits per heavy atom. The lowest BCUT2D eigenvalue weighted by Crippen LogP contribution is -2.08. The highest BCUT2D eigenvalue weighted by Crippen LogP contribution is 2.25. The molecule has 1 aromatic rings. The highest BCUT2D eigenvalue weighted by Gasteiger charge is 2.15. The highest BCUT2D eigenvalue weighted by atomic mass is 16.3. The lowest BCUT2D eigenvalue weighted by Gasteiger charge is -2.18. The maximum atomic E-state index is 10.00. The Bertz CT molecular complexity index is 287. The van der Waals surface area contributed by atoms with Gasteiger partial charge < -0.3 is 5.11 Å². The van der Waals surface area contributed by atoms with Gasteiger partial charge in [0.15, 0.2) is 0 Å². The quantitative estimate of drug-likeness (QED) is 0.723. The molecule has 0 unspecified atom stereocenters. The Labute approximate surface area is 86.1 Å². The van der Waals surface area contributed by atoms with Gasteiger partial charge in [0.25, 0.3) is 0 Å². The molecule has 0 aromatic heterocycles. The van der Waals surface area contributed by atoms with Crippen LogP contribution >= 0.6 is 0 Å². The summed E-state index contributed by atoms with van der Waals surface area (Å²) in [6, 6.07) is 8.00. The van der Waals surface area contributed by atoms with Gasteiger partial charge in [-0.1, -0.05) is 42.8 Å². The van der Waals surface area contributed by atoms with Crippen LogP contribution in [0.2, 0.25) is 0 Å². The molecule has 0 aliphatic heterocycles. The van der Waals surface area contributed by atoms with Crippen LogP contribution in [0.15, 0.2) is 36.9 Å². The molecule has 0 aliphatic carbocycles. The summed E-state index contributed by atoms with van der Waals surface area (Å²) in [5, 5.41) is 10.00. The van der Waals surface area contributed by atoms with Crippen LogP contribution in [0.5, 0.6) is 0 Å². The SMILES string of the molecule is C=C[C@@H](CC)[C@@H](O)c1ccc(C)cc1. The summed E-state index contributed by atoms with van der Waals surface area (Å²) in [6.45, 7) is 7.84. The molecule has 1 rings (SSSR count). The summed E-state index contributed by atoms with van der Waals surface area (Å²) in [5.74, 6) is 0.151. The van der Waals surface area contributed by atoms with Gasteiger partial charge in [-0.3, -0.25) is 0 Å². The molecule has 1 N–H and O–H groups in total. The number of aryl methyl sites for hydroxylation is 1. The molecule has 0 aliphatic rings. The molecule has 14 heavy (non-hydrogen) atoms. The Hall–Kier alpha value is -1.08. The van der Waals surface area contributed by atoms with Crippen molar-refractivity contribution >= 4 is 0 Å². The standard InChI is InChI=1S/C13H18O/c1-4-11(5-2)13(14)12-8-6-10(3)7-9-12/h4,6-9,11,13-14H,1,5H2,2-3H3/t11-,13+/m0/s1. The van der Waals surface area contributed by atoms with E-state index in [-0.39, 0.29) is 5.92 Å². The summed E-state index contributed by atoms with van der Waals surface area (Å²) in [4.78, 5) is 0. The van der Waals surface area contributed by atoms with Crippen molar-refractivity contribution in [1.82, 2.24) is 0 Å². The first-order valence-corrected chi connectivity index (χ1v) is 5.06. The van der Waals surface area contributed by atoms with Crippen molar-refractivity contribution in [2.24, 2.45) is 5.92 Å². The first kappa shape index (κ1) is 11.0. The molecule has 2 atom stereocenters. The molecule has 0 radical (unpaired) electrons. The fraction of sp³-hybridized carbons (Fsp3) is 0.385. The van der Waals surface area contributed by atoms with Crippen molar-refractivity contribution in [2.45, 2.75) is 26.4 Å². The molecular formula is C13H18O. The average Bonchev–Trinajstić information content (AvgIpc) is 2.20. The maximum Gasteiger partial charge on any atom is 0.0852 e. The number of hydrogen-bond donors (Lipinski definition) is 1. The topological polar surface area (TPSA) is 20.2 Å². The van der Waals surface area contributed by atoms with Gasteiger partial charge in [0.05, 0.1) is 6.10 Å². The van der Waals surface area contributed by atoms with E-state index in [1.807, 2.05) is 37.3 Å². The van der Waals surface area contributed by atoms with E-state index in [0.29, 0.717) is 0 Å². The summed E-state index contributed by atoms with van der Waals surface area (Å²) in [6.07, 6.45) is 2.32. The molecule has 0 saturated heterocycles. The monoisotopic (exact) mass is 190 g/mol. The van der Waals surface area contributed by atoms with E-state index in [1.54, 1.807) is 0 Å². The van der Waals surface area contributed by atoms with Crippen LogP contribution in [-0.4, -0.2) is 5.11 Å². The Balaban J connectivity index is 2.82. The smallest absolute Gasteiger partial charge is 0.0852 e. The molecule has 0 amide bonds. The second-order valence-corrected chi connectivity index (χ2v) is 3.66. The second-order valence-electron chi connectivity index (χ2n) is 3.66. The predicted molar refractivity (Wildman–Crippen MR) is 60.1 cm³/mol. The number of rotatable bonds is 4. The summed E-state index contributed by atoms with van der Waals surface area (Å²) in [7, 11) is 0. The van der Waals surface area contributed by atoms with Crippen molar-refractivity contribution < 1.29 is 5.11 Å². The Morgan fingerprint density at radius 2 is 1.93 bits per heavy atom. The fourth-order valence-electron chi connectivity index (χ4n) is 1.53. The van der Waals surface area contributed by atoms with Crippen LogP contribution in [0, 0.1) is 12.8 Å². The van der Waals surface area contributed by atoms with Crippen LogP contribution in [0.1, 0.15) is 30.6 Å². The summed E-state index contributed by atoms with van der Waals surface area (Å²) in [5.41, 5.74) is 2.19. The minimum absolute atomic E-state index is 0.151. The molecule has 0 saturated carbocycles. The number of aliphatic hydroxyl groups excluding tert-OH is 1. The van der Waals surface area contributed by atoms with Crippen molar-refractivity contribution in [3.8, 4) is 0 Å². The van der Waals surface area contributed by atoms with E-state index in [2.05, 4.69) is 13.5 Å². The molecule has 0 heterocycles. The minimum atomic E-state index is -0.418. The van der Waals surface area contributed by atoms with Gasteiger partial charge in [0, 0.05) is 5.92 Å². The molecule has 1 nitrogen and oxygen atoms in total. The summed E-state index contributed by atoms with van der Waals surface area (Å²) < 4.78 is 0. The van der Waals surface area contributed by atoms with Gasteiger partial charge in [0.2, 0.25) is 0 Å². The first-order valence-electron chi connectivity index (χ1n) is 5.06. The first-order chi connectivity index (χ1) is 6.69. The Morgan fingerprint density at radius 3 is 2.36 bits per heavy atom. The van der Waals surface area contributed by atoms with Gasteiger partial charge in [-0.2, -0.15) is 0 Å². The normalized spacial score (nSPS) is 14.8. The minimum Gasteiger partial charge on any atom is -0.388 e. The van der Waals surface area contributed by atoms with Crippen LogP contribution in [-0.2, 0) is 0 Å². The Kier molecular flexibility index (Phi) is 3.90. The van der Waals surface area contributed by atoms with Crippen LogP contribution in [0.4, 0.5) is 0 Å². The van der Waals surface area contributed by atoms with E-state index in [4.69, 9.17) is 0 Å². The maximum absolute atomic E-state index is 10.00. The largest absolute Gasteiger partial charge is 0.388 e. The van der Waals surface area contributed by atoms with Crippen LogP contribution in [0.3, 0.4) is 0 Å². The summed E-state index contributed by atoms with van der Waals surface area (Å²) >= 11 is 0. The van der Waals surface area contributed by atoms with E-state index >= 15 is 0 Å². The zero-order chi connectivity index (χ0) is 10.6. The van der Waals surface area contributed by atoms with Gasteiger partial charge in [0.1, 0.15) is 0 Å². The zero-order valence-electron chi connectivity index (χ0n) is 8.90. The van der Waals surface area contributed by atoms with E-state index in [1.165, 1.54) is 5.56 Å². The molecular weight excluding hydrogens is 172 g/mol. The molecule has 1 aromatic carbocycles. The number of hydrogen-bond acceptors (Lipinski definition) is 1. The van der Waals surface area contributed by atoms with Gasteiger partial charge in [-0.05, 0) is 18.9 Å².